The van der Waals surface area contributed by atoms with Gasteiger partial charge in [0.25, 0.3) is 0 Å². The standard InChI is InChI=1S/C38H70O15/c1-3-5-7-9-11-13-15-16-18-20-29(40)48-23-26(51-30(41)21-19-17-14-12-10-8-6-4-2)24-49-37-36(47)34(45)32(43)28(53-37)25-50-38-35(46)33(44)31(42)27(22-39)52-38/h26-28,31-39,42-47H,3-25H2,1-2H3/t26-,27-,28-,31+,32+,33?,34?,35?,36?,37-,38-/m1/s1. The lowest BCUT2D eigenvalue weighted by molar-refractivity contribution is -0.332. The van der Waals surface area contributed by atoms with Crippen molar-refractivity contribution in [1.29, 1.82) is 0 Å². The highest BCUT2D eigenvalue weighted by Gasteiger charge is 2.47. The SMILES string of the molecule is CCCCCCCCCCCC(=O)OC[C@H](CO[C@@H]1O[C@H](CO[C@@H]2O[C@H](CO)[C@H](O)C(O)C2O)[C@H](O)C(O)C1O)OC(=O)CCCCCCCCCC. The summed E-state index contributed by atoms with van der Waals surface area (Å²) >= 11 is 0. The molecular formula is C38H70O15. The van der Waals surface area contributed by atoms with Gasteiger partial charge in [-0.05, 0) is 12.8 Å². The Kier molecular flexibility index (Phi) is 25.2. The highest BCUT2D eigenvalue weighted by Crippen LogP contribution is 2.26. The number of unbranched alkanes of at least 4 members (excludes halogenated alkanes) is 15. The maximum absolute atomic E-state index is 12.8. The van der Waals surface area contributed by atoms with Gasteiger partial charge in [0.05, 0.1) is 19.8 Å². The molecular weight excluding hydrogens is 696 g/mol. The molecule has 4 unspecified atom stereocenters. The fraction of sp³-hybridized carbons (Fsp3) is 0.947. The molecule has 0 radical (unpaired) electrons. The van der Waals surface area contributed by atoms with Gasteiger partial charge >= 0.3 is 11.9 Å². The van der Waals surface area contributed by atoms with Gasteiger partial charge in [0.15, 0.2) is 18.7 Å². The van der Waals surface area contributed by atoms with Crippen LogP contribution in [0.15, 0.2) is 0 Å². The van der Waals surface area contributed by atoms with E-state index in [4.69, 9.17) is 28.4 Å². The van der Waals surface area contributed by atoms with Crippen molar-refractivity contribution < 1.29 is 73.8 Å². The molecule has 312 valence electrons. The van der Waals surface area contributed by atoms with E-state index >= 15 is 0 Å². The van der Waals surface area contributed by atoms with Crippen molar-refractivity contribution in [3.05, 3.63) is 0 Å². The van der Waals surface area contributed by atoms with E-state index in [1.165, 1.54) is 57.8 Å². The number of carbonyl (C=O) groups excluding carboxylic acids is 2. The summed E-state index contributed by atoms with van der Waals surface area (Å²) in [6.07, 6.45) is 1.93. The zero-order valence-corrected chi connectivity index (χ0v) is 32.0. The van der Waals surface area contributed by atoms with Crippen LogP contribution in [0.4, 0.5) is 0 Å². The lowest BCUT2D eigenvalue weighted by Gasteiger charge is -2.42. The molecule has 15 heteroatoms. The van der Waals surface area contributed by atoms with Crippen LogP contribution in [0.1, 0.15) is 136 Å². The molecule has 2 aliphatic rings. The van der Waals surface area contributed by atoms with Gasteiger partial charge in [0.1, 0.15) is 55.4 Å². The quantitative estimate of drug-likeness (QED) is 0.0429. The Balaban J connectivity index is 1.91. The first-order valence-corrected chi connectivity index (χ1v) is 20.1. The molecule has 15 nitrogen and oxygen atoms in total. The van der Waals surface area contributed by atoms with Gasteiger partial charge in [-0.1, -0.05) is 110 Å². The maximum atomic E-state index is 12.8. The average Bonchev–Trinajstić information content (AvgIpc) is 3.15. The molecule has 2 aliphatic heterocycles. The van der Waals surface area contributed by atoms with Crippen LogP contribution in [0.25, 0.3) is 0 Å². The van der Waals surface area contributed by atoms with E-state index in [0.717, 1.165) is 38.5 Å². The van der Waals surface area contributed by atoms with Crippen molar-refractivity contribution in [1.82, 2.24) is 0 Å². The van der Waals surface area contributed by atoms with Crippen molar-refractivity contribution in [3.63, 3.8) is 0 Å². The van der Waals surface area contributed by atoms with Crippen LogP contribution >= 0.6 is 0 Å². The summed E-state index contributed by atoms with van der Waals surface area (Å²) in [6, 6.07) is 0. The molecule has 0 amide bonds. The first-order valence-electron chi connectivity index (χ1n) is 20.1. The number of esters is 2. The van der Waals surface area contributed by atoms with Gasteiger partial charge in [-0.15, -0.1) is 0 Å². The van der Waals surface area contributed by atoms with Crippen LogP contribution in [0, 0.1) is 0 Å². The first kappa shape index (κ1) is 47.7. The summed E-state index contributed by atoms with van der Waals surface area (Å²) < 4.78 is 33.2. The second-order valence-corrected chi connectivity index (χ2v) is 14.5. The molecule has 0 saturated carbocycles. The third-order valence-electron chi connectivity index (χ3n) is 9.84. The maximum Gasteiger partial charge on any atom is 0.306 e. The minimum Gasteiger partial charge on any atom is -0.462 e. The van der Waals surface area contributed by atoms with Gasteiger partial charge in [-0.25, -0.2) is 0 Å². The molecule has 0 spiro atoms. The molecule has 0 aromatic carbocycles. The summed E-state index contributed by atoms with van der Waals surface area (Å²) in [5, 5.41) is 71.5. The Hall–Kier alpha value is -1.50. The molecule has 0 aliphatic carbocycles. The lowest BCUT2D eigenvalue weighted by atomic mass is 9.98. The first-order chi connectivity index (χ1) is 25.5. The molecule has 0 aromatic rings. The normalized spacial score (nSPS) is 29.5. The summed E-state index contributed by atoms with van der Waals surface area (Å²) in [7, 11) is 0. The van der Waals surface area contributed by atoms with Gasteiger partial charge < -0.3 is 64.2 Å². The minimum atomic E-state index is -1.76. The van der Waals surface area contributed by atoms with E-state index < -0.39 is 92.7 Å². The zero-order chi connectivity index (χ0) is 39.0. The van der Waals surface area contributed by atoms with E-state index in [0.29, 0.717) is 12.8 Å². The van der Waals surface area contributed by atoms with Crippen LogP contribution < -0.4 is 0 Å². The molecule has 11 atom stereocenters. The molecule has 0 aromatic heterocycles. The zero-order valence-electron chi connectivity index (χ0n) is 32.0. The Morgan fingerprint density at radius 2 is 0.962 bits per heavy atom. The fourth-order valence-corrected chi connectivity index (χ4v) is 6.39. The highest BCUT2D eigenvalue weighted by atomic mass is 16.7. The van der Waals surface area contributed by atoms with E-state index in [1.54, 1.807) is 0 Å². The molecule has 2 rings (SSSR count). The Bertz CT molecular complexity index is 955. The summed E-state index contributed by atoms with van der Waals surface area (Å²) in [5.41, 5.74) is 0. The highest BCUT2D eigenvalue weighted by molar-refractivity contribution is 5.70. The third-order valence-corrected chi connectivity index (χ3v) is 9.84. The van der Waals surface area contributed by atoms with E-state index in [1.807, 2.05) is 0 Å². The molecule has 0 bridgehead atoms. The van der Waals surface area contributed by atoms with Crippen LogP contribution in [0.5, 0.6) is 0 Å². The monoisotopic (exact) mass is 766 g/mol. The van der Waals surface area contributed by atoms with Crippen molar-refractivity contribution in [2.75, 3.05) is 26.4 Å². The van der Waals surface area contributed by atoms with Crippen molar-refractivity contribution in [2.45, 2.75) is 203 Å². The predicted octanol–water partition coefficient (Wildman–Crippen LogP) is 2.53. The van der Waals surface area contributed by atoms with Gasteiger partial charge in [0, 0.05) is 12.8 Å². The van der Waals surface area contributed by atoms with E-state index in [9.17, 15) is 45.3 Å². The molecule has 2 fully saturated rings. The topological polar surface area (TPSA) is 231 Å². The fourth-order valence-electron chi connectivity index (χ4n) is 6.39. The summed E-state index contributed by atoms with van der Waals surface area (Å²) in [4.78, 5) is 25.3. The molecule has 2 saturated heterocycles. The van der Waals surface area contributed by atoms with Crippen LogP contribution in [-0.4, -0.2) is 142 Å². The Labute approximate surface area is 315 Å². The second kappa shape index (κ2) is 28.0. The smallest absolute Gasteiger partial charge is 0.306 e. The van der Waals surface area contributed by atoms with Crippen LogP contribution in [0.3, 0.4) is 0 Å². The van der Waals surface area contributed by atoms with Gasteiger partial charge in [-0.3, -0.25) is 9.59 Å². The van der Waals surface area contributed by atoms with Crippen molar-refractivity contribution >= 4 is 11.9 Å². The number of aliphatic hydroxyl groups is 7. The molecule has 53 heavy (non-hydrogen) atoms. The predicted molar refractivity (Wildman–Crippen MR) is 192 cm³/mol. The number of hydrogen-bond donors (Lipinski definition) is 7. The van der Waals surface area contributed by atoms with E-state index in [-0.39, 0.29) is 26.1 Å². The van der Waals surface area contributed by atoms with E-state index in [2.05, 4.69) is 13.8 Å². The van der Waals surface area contributed by atoms with Crippen LogP contribution in [0.2, 0.25) is 0 Å². The van der Waals surface area contributed by atoms with Gasteiger partial charge in [-0.2, -0.15) is 0 Å². The lowest BCUT2D eigenvalue weighted by Crippen LogP contribution is -2.61. The molecule has 7 N–H and O–H groups in total. The molecule has 2 heterocycles. The number of aliphatic hydroxyl groups excluding tert-OH is 7. The number of carbonyl (C=O) groups is 2. The average molecular weight is 767 g/mol. The number of hydrogen-bond acceptors (Lipinski definition) is 15. The summed E-state index contributed by atoms with van der Waals surface area (Å²) in [6.45, 7) is 2.49. The van der Waals surface area contributed by atoms with Crippen molar-refractivity contribution in [3.8, 4) is 0 Å². The van der Waals surface area contributed by atoms with Crippen molar-refractivity contribution in [2.24, 2.45) is 0 Å². The number of ether oxygens (including phenoxy) is 6. The largest absolute Gasteiger partial charge is 0.462 e. The Morgan fingerprint density at radius 3 is 1.47 bits per heavy atom. The second-order valence-electron chi connectivity index (χ2n) is 14.5. The minimum absolute atomic E-state index is 0.169. The third kappa shape index (κ3) is 18.3. The Morgan fingerprint density at radius 1 is 0.528 bits per heavy atom. The summed E-state index contributed by atoms with van der Waals surface area (Å²) in [5.74, 6) is -0.930. The van der Waals surface area contributed by atoms with Crippen LogP contribution in [-0.2, 0) is 38.0 Å². The number of rotatable bonds is 29. The van der Waals surface area contributed by atoms with Gasteiger partial charge in [0.2, 0.25) is 0 Å².